The highest BCUT2D eigenvalue weighted by Gasteiger charge is 2.18. The van der Waals surface area contributed by atoms with Gasteiger partial charge in [0.1, 0.15) is 5.69 Å². The topological polar surface area (TPSA) is 75.4 Å². The van der Waals surface area contributed by atoms with E-state index in [0.29, 0.717) is 16.7 Å². The van der Waals surface area contributed by atoms with Crippen molar-refractivity contribution in [2.24, 2.45) is 5.92 Å². The Labute approximate surface area is 121 Å². The van der Waals surface area contributed by atoms with Crippen molar-refractivity contribution in [3.63, 3.8) is 0 Å². The Morgan fingerprint density at radius 3 is 2.58 bits per heavy atom. The van der Waals surface area contributed by atoms with Crippen LogP contribution in [-0.4, -0.2) is 22.7 Å². The number of aliphatic hydroxyl groups is 1. The summed E-state index contributed by atoms with van der Waals surface area (Å²) in [5, 5.41) is 23.9. The van der Waals surface area contributed by atoms with Gasteiger partial charge in [-0.05, 0) is 18.1 Å². The highest BCUT2D eigenvalue weighted by Crippen LogP contribution is 2.28. The third-order valence-electron chi connectivity index (χ3n) is 3.25. The minimum absolute atomic E-state index is 0.00567. The van der Waals surface area contributed by atoms with Gasteiger partial charge in [0, 0.05) is 17.1 Å². The molecule has 0 radical (unpaired) electrons. The lowest BCUT2D eigenvalue weighted by atomic mass is 9.96. The minimum atomic E-state index is -0.502. The maximum Gasteiger partial charge on any atom is 0.293 e. The lowest BCUT2D eigenvalue weighted by Crippen LogP contribution is -2.27. The molecule has 0 aliphatic carbocycles. The predicted molar refractivity (Wildman–Crippen MR) is 79.4 cm³/mol. The van der Waals surface area contributed by atoms with Gasteiger partial charge in [0.25, 0.3) is 5.69 Å². The lowest BCUT2D eigenvalue weighted by molar-refractivity contribution is -0.384. The molecule has 19 heavy (non-hydrogen) atoms. The maximum absolute atomic E-state index is 10.9. The zero-order chi connectivity index (χ0) is 14.4. The van der Waals surface area contributed by atoms with Crippen molar-refractivity contribution in [2.45, 2.75) is 32.8 Å². The fraction of sp³-hybridized carbons (Fsp3) is 0.538. The van der Waals surface area contributed by atoms with Crippen LogP contribution in [-0.2, 0) is 0 Å². The van der Waals surface area contributed by atoms with Crippen LogP contribution < -0.4 is 5.32 Å². The van der Waals surface area contributed by atoms with Gasteiger partial charge in [-0.25, -0.2) is 0 Å². The molecule has 0 spiro atoms. The first-order chi connectivity index (χ1) is 8.99. The summed E-state index contributed by atoms with van der Waals surface area (Å²) >= 11 is 3.21. The predicted octanol–water partition coefficient (Wildman–Crippen LogP) is 3.57. The van der Waals surface area contributed by atoms with Crippen LogP contribution in [0, 0.1) is 16.0 Å². The highest BCUT2D eigenvalue weighted by molar-refractivity contribution is 9.10. The molecule has 1 unspecified atom stereocenters. The number of nitrogens with zero attached hydrogens (tertiary/aromatic N) is 1. The maximum atomic E-state index is 10.9. The molecule has 0 heterocycles. The summed E-state index contributed by atoms with van der Waals surface area (Å²) in [6.45, 7) is 4.37. The molecule has 0 aliphatic heterocycles. The molecule has 0 bridgehead atoms. The van der Waals surface area contributed by atoms with Crippen LogP contribution in [0.4, 0.5) is 11.4 Å². The van der Waals surface area contributed by atoms with Crippen molar-refractivity contribution in [1.29, 1.82) is 0 Å². The summed E-state index contributed by atoms with van der Waals surface area (Å²) in [7, 11) is 0. The van der Waals surface area contributed by atoms with Gasteiger partial charge in [-0.1, -0.05) is 42.6 Å². The monoisotopic (exact) mass is 330 g/mol. The standard InChI is InChI=1S/C13H19BrN2O3/c1-3-9(4-2)13(17)8-15-11-6-5-10(14)7-12(11)16(18)19/h5-7,9,13,15,17H,3-4,8H2,1-2H3. The van der Waals surface area contributed by atoms with Gasteiger partial charge in [0.05, 0.1) is 11.0 Å². The molecular formula is C13H19BrN2O3. The summed E-state index contributed by atoms with van der Waals surface area (Å²) < 4.78 is 0.658. The van der Waals surface area contributed by atoms with Crippen molar-refractivity contribution >= 4 is 27.3 Å². The minimum Gasteiger partial charge on any atom is -0.391 e. The zero-order valence-electron chi connectivity index (χ0n) is 11.1. The van der Waals surface area contributed by atoms with Crippen molar-refractivity contribution in [2.75, 3.05) is 11.9 Å². The van der Waals surface area contributed by atoms with Crippen molar-refractivity contribution in [1.82, 2.24) is 0 Å². The number of halogens is 1. The lowest BCUT2D eigenvalue weighted by Gasteiger charge is -2.20. The molecule has 0 fully saturated rings. The summed E-state index contributed by atoms with van der Waals surface area (Å²) in [5.41, 5.74) is 0.435. The van der Waals surface area contributed by atoms with Crippen molar-refractivity contribution in [3.8, 4) is 0 Å². The second-order valence-corrected chi connectivity index (χ2v) is 5.36. The van der Waals surface area contributed by atoms with E-state index in [-0.39, 0.29) is 11.6 Å². The Bertz CT molecular complexity index is 436. The normalized spacial score (nSPS) is 12.5. The quantitative estimate of drug-likeness (QED) is 0.592. The van der Waals surface area contributed by atoms with Crippen LogP contribution in [0.5, 0.6) is 0 Å². The van der Waals surface area contributed by atoms with Crippen LogP contribution in [0.15, 0.2) is 22.7 Å². The van der Waals surface area contributed by atoms with Gasteiger partial charge in [-0.15, -0.1) is 0 Å². The molecule has 0 saturated heterocycles. The highest BCUT2D eigenvalue weighted by atomic mass is 79.9. The molecule has 6 heteroatoms. The van der Waals surface area contributed by atoms with Crippen LogP contribution in [0.25, 0.3) is 0 Å². The molecule has 1 rings (SSSR count). The molecule has 106 valence electrons. The largest absolute Gasteiger partial charge is 0.391 e. The molecule has 0 aliphatic rings. The number of benzene rings is 1. The molecule has 5 nitrogen and oxygen atoms in total. The van der Waals surface area contributed by atoms with Gasteiger partial charge in [0.2, 0.25) is 0 Å². The SMILES string of the molecule is CCC(CC)C(O)CNc1ccc(Br)cc1[N+](=O)[O-]. The van der Waals surface area contributed by atoms with E-state index in [0.717, 1.165) is 12.8 Å². The first-order valence-electron chi connectivity index (χ1n) is 6.35. The number of rotatable bonds is 7. The molecular weight excluding hydrogens is 312 g/mol. The molecule has 0 aromatic heterocycles. The number of aliphatic hydroxyl groups excluding tert-OH is 1. The van der Waals surface area contributed by atoms with Crippen LogP contribution in [0.1, 0.15) is 26.7 Å². The Morgan fingerprint density at radius 2 is 2.05 bits per heavy atom. The van der Waals surface area contributed by atoms with Crippen molar-refractivity contribution < 1.29 is 10.0 Å². The summed E-state index contributed by atoms with van der Waals surface area (Å²) in [6, 6.07) is 4.83. The van der Waals surface area contributed by atoms with Crippen LogP contribution in [0.2, 0.25) is 0 Å². The van der Waals surface area contributed by atoms with Crippen molar-refractivity contribution in [3.05, 3.63) is 32.8 Å². The van der Waals surface area contributed by atoms with Gasteiger partial charge in [-0.2, -0.15) is 0 Å². The number of anilines is 1. The molecule has 0 saturated carbocycles. The fourth-order valence-corrected chi connectivity index (χ4v) is 2.37. The van der Waals surface area contributed by atoms with E-state index >= 15 is 0 Å². The first kappa shape index (κ1) is 15.9. The molecule has 1 atom stereocenters. The smallest absolute Gasteiger partial charge is 0.293 e. The zero-order valence-corrected chi connectivity index (χ0v) is 12.7. The summed E-state index contributed by atoms with van der Waals surface area (Å²) in [5.74, 6) is 0.210. The molecule has 0 amide bonds. The number of nitro groups is 1. The number of nitrogens with one attached hydrogen (secondary N) is 1. The molecule has 1 aromatic carbocycles. The third-order valence-corrected chi connectivity index (χ3v) is 3.74. The number of hydrogen-bond donors (Lipinski definition) is 2. The second kappa shape index (κ2) is 7.45. The van der Waals surface area contributed by atoms with Gasteiger partial charge in [0.15, 0.2) is 0 Å². The number of hydrogen-bond acceptors (Lipinski definition) is 4. The third kappa shape index (κ3) is 4.47. The van der Waals surface area contributed by atoms with Crippen LogP contribution in [0.3, 0.4) is 0 Å². The summed E-state index contributed by atoms with van der Waals surface area (Å²) in [4.78, 5) is 10.5. The Morgan fingerprint density at radius 1 is 1.42 bits per heavy atom. The average molecular weight is 331 g/mol. The number of nitro benzene ring substituents is 1. The first-order valence-corrected chi connectivity index (χ1v) is 7.14. The van der Waals surface area contributed by atoms with E-state index in [2.05, 4.69) is 21.2 Å². The summed E-state index contributed by atoms with van der Waals surface area (Å²) in [6.07, 6.45) is 1.28. The van der Waals surface area contributed by atoms with E-state index < -0.39 is 11.0 Å². The van der Waals surface area contributed by atoms with E-state index in [1.165, 1.54) is 6.07 Å². The van der Waals surface area contributed by atoms with Gasteiger partial charge < -0.3 is 10.4 Å². The molecule has 1 aromatic rings. The fourth-order valence-electron chi connectivity index (χ4n) is 2.02. The van der Waals surface area contributed by atoms with E-state index in [4.69, 9.17) is 0 Å². The Kier molecular flexibility index (Phi) is 6.24. The average Bonchev–Trinajstić information content (AvgIpc) is 2.38. The van der Waals surface area contributed by atoms with Gasteiger partial charge >= 0.3 is 0 Å². The second-order valence-electron chi connectivity index (χ2n) is 4.44. The Balaban J connectivity index is 2.75. The molecule has 2 N–H and O–H groups in total. The van der Waals surface area contributed by atoms with E-state index in [1.807, 2.05) is 13.8 Å². The van der Waals surface area contributed by atoms with Crippen LogP contribution >= 0.6 is 15.9 Å². The van der Waals surface area contributed by atoms with E-state index in [9.17, 15) is 15.2 Å². The Hall–Kier alpha value is -1.14. The van der Waals surface area contributed by atoms with Gasteiger partial charge in [-0.3, -0.25) is 10.1 Å². The van der Waals surface area contributed by atoms with E-state index in [1.54, 1.807) is 12.1 Å².